The third kappa shape index (κ3) is 1.23. The van der Waals surface area contributed by atoms with Crippen molar-refractivity contribution in [2.45, 2.75) is 20.3 Å². The average molecular weight is 186 g/mol. The second kappa shape index (κ2) is 3.29. The van der Waals surface area contributed by atoms with Crippen LogP contribution in [0.2, 0.25) is 0 Å². The van der Waals surface area contributed by atoms with Crippen molar-refractivity contribution in [2.75, 3.05) is 5.73 Å². The van der Waals surface area contributed by atoms with Gasteiger partial charge in [-0.15, -0.1) is 0 Å². The van der Waals surface area contributed by atoms with Gasteiger partial charge in [-0.2, -0.15) is 0 Å². The highest BCUT2D eigenvalue weighted by Crippen LogP contribution is 2.24. The summed E-state index contributed by atoms with van der Waals surface area (Å²) in [6.07, 6.45) is 2.92. The number of benzene rings is 1. The van der Waals surface area contributed by atoms with Crippen molar-refractivity contribution in [1.29, 1.82) is 0 Å². The van der Waals surface area contributed by atoms with Crippen LogP contribution in [0, 0.1) is 6.92 Å². The number of nitrogens with zero attached hydrogens (tertiary/aromatic N) is 1. The first kappa shape index (κ1) is 9.00. The molecule has 0 radical (unpaired) electrons. The van der Waals surface area contributed by atoms with Crippen molar-refractivity contribution < 1.29 is 0 Å². The van der Waals surface area contributed by atoms with Crippen LogP contribution in [-0.4, -0.2) is 4.98 Å². The molecule has 0 saturated carbocycles. The van der Waals surface area contributed by atoms with Crippen LogP contribution < -0.4 is 5.73 Å². The normalized spacial score (nSPS) is 10.7. The van der Waals surface area contributed by atoms with E-state index in [0.29, 0.717) is 0 Å². The van der Waals surface area contributed by atoms with Gasteiger partial charge >= 0.3 is 0 Å². The molecule has 14 heavy (non-hydrogen) atoms. The number of nitrogen functional groups attached to an aromatic ring is 1. The predicted octanol–water partition coefficient (Wildman–Crippen LogP) is 2.69. The smallest absolute Gasteiger partial charge is 0.0934 e. The van der Waals surface area contributed by atoms with Crippen LogP contribution >= 0.6 is 0 Å². The standard InChI is InChI=1S/C12H14N2/c1-3-9-8(2)7-14-12-10(9)5-4-6-11(12)13/h4-7H,3,13H2,1-2H3. The van der Waals surface area contributed by atoms with Crippen molar-refractivity contribution in [1.82, 2.24) is 4.98 Å². The maximum Gasteiger partial charge on any atom is 0.0934 e. The van der Waals surface area contributed by atoms with Gasteiger partial charge in [0.25, 0.3) is 0 Å². The molecule has 0 unspecified atom stereocenters. The van der Waals surface area contributed by atoms with Gasteiger partial charge in [-0.3, -0.25) is 4.98 Å². The monoisotopic (exact) mass is 186 g/mol. The fourth-order valence-electron chi connectivity index (χ4n) is 1.87. The molecule has 72 valence electrons. The topological polar surface area (TPSA) is 38.9 Å². The molecule has 0 bridgehead atoms. The summed E-state index contributed by atoms with van der Waals surface area (Å²) in [7, 11) is 0. The van der Waals surface area contributed by atoms with Crippen LogP contribution in [0.25, 0.3) is 10.9 Å². The van der Waals surface area contributed by atoms with Gasteiger partial charge in [0.05, 0.1) is 11.2 Å². The summed E-state index contributed by atoms with van der Waals surface area (Å²) in [5, 5.41) is 1.19. The van der Waals surface area contributed by atoms with Gasteiger partial charge in [-0.1, -0.05) is 19.1 Å². The Hall–Kier alpha value is -1.57. The Morgan fingerprint density at radius 1 is 1.36 bits per heavy atom. The third-order valence-electron chi connectivity index (χ3n) is 2.61. The molecular formula is C12H14N2. The predicted molar refractivity (Wildman–Crippen MR) is 60.3 cm³/mol. The molecule has 2 aromatic rings. The molecule has 0 aliphatic heterocycles. The highest BCUT2D eigenvalue weighted by atomic mass is 14.7. The summed E-state index contributed by atoms with van der Waals surface area (Å²) < 4.78 is 0. The van der Waals surface area contributed by atoms with E-state index in [1.165, 1.54) is 16.5 Å². The van der Waals surface area contributed by atoms with Crippen LogP contribution in [0.3, 0.4) is 0 Å². The highest BCUT2D eigenvalue weighted by molar-refractivity contribution is 5.92. The molecule has 2 N–H and O–H groups in total. The summed E-state index contributed by atoms with van der Waals surface area (Å²) >= 11 is 0. The Morgan fingerprint density at radius 3 is 2.86 bits per heavy atom. The number of rotatable bonds is 1. The first-order chi connectivity index (χ1) is 6.74. The lowest BCUT2D eigenvalue weighted by atomic mass is 10.0. The second-order valence-electron chi connectivity index (χ2n) is 3.52. The lowest BCUT2D eigenvalue weighted by molar-refractivity contribution is 1.11. The molecule has 0 amide bonds. The molecule has 0 aliphatic rings. The summed E-state index contributed by atoms with van der Waals surface area (Å²) in [6, 6.07) is 5.96. The van der Waals surface area contributed by atoms with Crippen molar-refractivity contribution in [3.8, 4) is 0 Å². The first-order valence-corrected chi connectivity index (χ1v) is 4.86. The van der Waals surface area contributed by atoms with E-state index in [-0.39, 0.29) is 0 Å². The van der Waals surface area contributed by atoms with Crippen molar-refractivity contribution in [2.24, 2.45) is 0 Å². The van der Waals surface area contributed by atoms with Gasteiger partial charge in [0.2, 0.25) is 0 Å². The zero-order valence-corrected chi connectivity index (χ0v) is 8.54. The fourth-order valence-corrected chi connectivity index (χ4v) is 1.87. The quantitative estimate of drug-likeness (QED) is 0.695. The SMILES string of the molecule is CCc1c(C)cnc2c(N)cccc12. The average Bonchev–Trinajstić information content (AvgIpc) is 2.18. The summed E-state index contributed by atoms with van der Waals surface area (Å²) in [5.74, 6) is 0. The Bertz CT molecular complexity index is 475. The molecule has 0 saturated heterocycles. The number of anilines is 1. The van der Waals surface area contributed by atoms with Crippen LogP contribution in [0.1, 0.15) is 18.1 Å². The maximum atomic E-state index is 5.87. The molecule has 0 fully saturated rings. The van der Waals surface area contributed by atoms with Gasteiger partial charge in [0, 0.05) is 11.6 Å². The number of hydrogen-bond acceptors (Lipinski definition) is 2. The molecule has 1 aromatic heterocycles. The van der Waals surface area contributed by atoms with Crippen LogP contribution in [-0.2, 0) is 6.42 Å². The van der Waals surface area contributed by atoms with Gasteiger partial charge in [-0.25, -0.2) is 0 Å². The van der Waals surface area contributed by atoms with E-state index in [0.717, 1.165) is 17.6 Å². The van der Waals surface area contributed by atoms with E-state index >= 15 is 0 Å². The third-order valence-corrected chi connectivity index (χ3v) is 2.61. The minimum absolute atomic E-state index is 0.761. The van der Waals surface area contributed by atoms with E-state index in [1.807, 2.05) is 18.3 Å². The largest absolute Gasteiger partial charge is 0.397 e. The minimum atomic E-state index is 0.761. The summed E-state index contributed by atoms with van der Waals surface area (Å²) in [5.41, 5.74) is 10.1. The van der Waals surface area contributed by atoms with Crippen LogP contribution in [0.5, 0.6) is 0 Å². The molecule has 1 heterocycles. The number of hydrogen-bond donors (Lipinski definition) is 1. The first-order valence-electron chi connectivity index (χ1n) is 4.86. The van der Waals surface area contributed by atoms with Crippen molar-refractivity contribution >= 4 is 16.6 Å². The molecule has 0 aliphatic carbocycles. The van der Waals surface area contributed by atoms with E-state index < -0.39 is 0 Å². The number of aryl methyl sites for hydroxylation is 2. The molecule has 0 atom stereocenters. The Balaban J connectivity index is 2.88. The van der Waals surface area contributed by atoms with Gasteiger partial charge in [-0.05, 0) is 30.5 Å². The van der Waals surface area contributed by atoms with Gasteiger partial charge < -0.3 is 5.73 Å². The number of para-hydroxylation sites is 1. The Kier molecular flexibility index (Phi) is 2.12. The molecule has 1 aromatic carbocycles. The molecule has 2 rings (SSSR count). The van der Waals surface area contributed by atoms with E-state index in [4.69, 9.17) is 5.73 Å². The lowest BCUT2D eigenvalue weighted by Crippen LogP contribution is -1.95. The Morgan fingerprint density at radius 2 is 2.14 bits per heavy atom. The van der Waals surface area contributed by atoms with E-state index in [9.17, 15) is 0 Å². The molecular weight excluding hydrogens is 172 g/mol. The van der Waals surface area contributed by atoms with E-state index in [1.54, 1.807) is 0 Å². The lowest BCUT2D eigenvalue weighted by Gasteiger charge is -2.08. The zero-order valence-electron chi connectivity index (χ0n) is 8.54. The maximum absolute atomic E-state index is 5.87. The second-order valence-corrected chi connectivity index (χ2v) is 3.52. The van der Waals surface area contributed by atoms with Crippen LogP contribution in [0.15, 0.2) is 24.4 Å². The Labute approximate surface area is 83.8 Å². The molecule has 2 nitrogen and oxygen atoms in total. The summed E-state index contributed by atoms with van der Waals surface area (Å²) in [4.78, 5) is 4.36. The van der Waals surface area contributed by atoms with Crippen LogP contribution in [0.4, 0.5) is 5.69 Å². The van der Waals surface area contributed by atoms with Gasteiger partial charge in [0.15, 0.2) is 0 Å². The summed E-state index contributed by atoms with van der Waals surface area (Å²) in [6.45, 7) is 4.25. The number of aromatic nitrogens is 1. The molecule has 0 spiro atoms. The van der Waals surface area contributed by atoms with Crippen molar-refractivity contribution in [3.63, 3.8) is 0 Å². The van der Waals surface area contributed by atoms with E-state index in [2.05, 4.69) is 24.9 Å². The zero-order chi connectivity index (χ0) is 10.1. The highest BCUT2D eigenvalue weighted by Gasteiger charge is 2.05. The van der Waals surface area contributed by atoms with Crippen molar-refractivity contribution in [3.05, 3.63) is 35.5 Å². The fraction of sp³-hybridized carbons (Fsp3) is 0.250. The molecule has 2 heteroatoms. The number of fused-ring (bicyclic) bond motifs is 1. The number of nitrogens with two attached hydrogens (primary N) is 1. The minimum Gasteiger partial charge on any atom is -0.397 e. The number of pyridine rings is 1. The van der Waals surface area contributed by atoms with Gasteiger partial charge in [0.1, 0.15) is 0 Å².